The molecule has 1 aromatic heterocycles. The fraction of sp³-hybridized carbons (Fsp3) is 0.300. The second-order valence-electron chi connectivity index (χ2n) is 3.54. The molecular formula is C10H10ClN3O2. The zero-order valence-electron chi connectivity index (χ0n) is 8.37. The van der Waals surface area contributed by atoms with E-state index in [2.05, 4.69) is 15.6 Å². The van der Waals surface area contributed by atoms with Crippen molar-refractivity contribution in [1.29, 1.82) is 0 Å². The maximum absolute atomic E-state index is 11.7. The lowest BCUT2D eigenvalue weighted by molar-refractivity contribution is -0.119. The first-order valence-corrected chi connectivity index (χ1v) is 5.22. The van der Waals surface area contributed by atoms with Crippen LogP contribution in [0.4, 0.5) is 0 Å². The van der Waals surface area contributed by atoms with Gasteiger partial charge in [0.15, 0.2) is 0 Å². The van der Waals surface area contributed by atoms with Crippen molar-refractivity contribution in [1.82, 2.24) is 15.6 Å². The molecule has 0 bridgehead atoms. The number of halogens is 1. The van der Waals surface area contributed by atoms with Crippen molar-refractivity contribution in [3.8, 4) is 0 Å². The molecule has 5 nitrogen and oxygen atoms in total. The summed E-state index contributed by atoms with van der Waals surface area (Å²) >= 11 is 5.74. The Hall–Kier alpha value is -1.62. The first-order chi connectivity index (χ1) is 7.65. The minimum Gasteiger partial charge on any atom is -0.354 e. The van der Waals surface area contributed by atoms with Crippen LogP contribution in [0.15, 0.2) is 18.3 Å². The Balaban J connectivity index is 2.00. The Morgan fingerprint density at radius 1 is 1.62 bits per heavy atom. The predicted octanol–water partition coefficient (Wildman–Crippen LogP) is 0.353. The van der Waals surface area contributed by atoms with Crippen LogP contribution in [0.25, 0.3) is 0 Å². The lowest BCUT2D eigenvalue weighted by Crippen LogP contribution is -2.36. The summed E-state index contributed by atoms with van der Waals surface area (Å²) in [5.74, 6) is -0.367. The van der Waals surface area contributed by atoms with Crippen LogP contribution in [0.5, 0.6) is 0 Å². The van der Waals surface area contributed by atoms with E-state index >= 15 is 0 Å². The van der Waals surface area contributed by atoms with E-state index in [1.807, 2.05) is 0 Å². The number of rotatable bonds is 2. The van der Waals surface area contributed by atoms with E-state index < -0.39 is 0 Å². The lowest BCUT2D eigenvalue weighted by atomic mass is 10.2. The molecule has 1 atom stereocenters. The highest BCUT2D eigenvalue weighted by Crippen LogP contribution is 2.08. The average Bonchev–Trinajstić information content (AvgIpc) is 2.64. The highest BCUT2D eigenvalue weighted by molar-refractivity contribution is 6.30. The molecule has 0 saturated carbocycles. The van der Waals surface area contributed by atoms with Crippen LogP contribution < -0.4 is 10.6 Å². The van der Waals surface area contributed by atoms with Gasteiger partial charge in [-0.2, -0.15) is 0 Å². The minimum absolute atomic E-state index is 0.0515. The van der Waals surface area contributed by atoms with E-state index in [4.69, 9.17) is 11.6 Å². The molecular weight excluding hydrogens is 230 g/mol. The second kappa shape index (κ2) is 4.49. The summed E-state index contributed by atoms with van der Waals surface area (Å²) in [6.07, 6.45) is 1.78. The van der Waals surface area contributed by atoms with E-state index in [-0.39, 0.29) is 23.6 Å². The van der Waals surface area contributed by atoms with E-state index in [1.165, 1.54) is 12.3 Å². The largest absolute Gasteiger partial charge is 0.354 e. The van der Waals surface area contributed by atoms with Crippen molar-refractivity contribution in [3.63, 3.8) is 0 Å². The molecule has 0 spiro atoms. The summed E-state index contributed by atoms with van der Waals surface area (Å²) in [4.78, 5) is 26.5. The molecule has 6 heteroatoms. The number of aromatic nitrogens is 1. The van der Waals surface area contributed by atoms with Crippen molar-refractivity contribution in [2.45, 2.75) is 12.5 Å². The molecule has 1 aromatic rings. The quantitative estimate of drug-likeness (QED) is 0.783. The van der Waals surface area contributed by atoms with Crippen LogP contribution in [-0.2, 0) is 4.79 Å². The molecule has 0 aromatic carbocycles. The maximum atomic E-state index is 11.7. The van der Waals surface area contributed by atoms with Gasteiger partial charge in [0, 0.05) is 24.2 Å². The van der Waals surface area contributed by atoms with Gasteiger partial charge in [0.2, 0.25) is 5.91 Å². The first kappa shape index (κ1) is 10.9. The number of hydrogen-bond donors (Lipinski definition) is 2. The Morgan fingerprint density at radius 2 is 2.44 bits per heavy atom. The van der Waals surface area contributed by atoms with Crippen molar-refractivity contribution >= 4 is 23.4 Å². The Morgan fingerprint density at radius 3 is 3.06 bits per heavy atom. The summed E-state index contributed by atoms with van der Waals surface area (Å²) in [5.41, 5.74) is 0.256. The van der Waals surface area contributed by atoms with Gasteiger partial charge in [-0.15, -0.1) is 0 Å². The molecule has 84 valence electrons. The fourth-order valence-electron chi connectivity index (χ4n) is 1.50. The Kier molecular flexibility index (Phi) is 3.05. The average molecular weight is 240 g/mol. The van der Waals surface area contributed by atoms with Crippen LogP contribution in [0.3, 0.4) is 0 Å². The topological polar surface area (TPSA) is 71.1 Å². The van der Waals surface area contributed by atoms with Crippen LogP contribution in [-0.4, -0.2) is 29.4 Å². The molecule has 2 heterocycles. The van der Waals surface area contributed by atoms with Gasteiger partial charge in [-0.3, -0.25) is 14.6 Å². The van der Waals surface area contributed by atoms with Crippen molar-refractivity contribution in [2.75, 3.05) is 6.54 Å². The molecule has 2 rings (SSSR count). The van der Waals surface area contributed by atoms with E-state index in [9.17, 15) is 9.59 Å². The zero-order valence-corrected chi connectivity index (χ0v) is 9.12. The number of hydrogen-bond acceptors (Lipinski definition) is 3. The highest BCUT2D eigenvalue weighted by Gasteiger charge is 2.23. The number of amides is 2. The van der Waals surface area contributed by atoms with Gasteiger partial charge < -0.3 is 10.6 Å². The summed E-state index contributed by atoms with van der Waals surface area (Å²) in [6, 6.07) is 2.92. The smallest absolute Gasteiger partial charge is 0.270 e. The molecule has 1 aliphatic rings. The molecule has 16 heavy (non-hydrogen) atoms. The molecule has 2 N–H and O–H groups in total. The molecule has 1 fully saturated rings. The monoisotopic (exact) mass is 239 g/mol. The zero-order chi connectivity index (χ0) is 11.5. The SMILES string of the molecule is O=C1CC(NC(=O)c2cc(Cl)ccn2)CN1. The third-order valence-corrected chi connectivity index (χ3v) is 2.50. The maximum Gasteiger partial charge on any atom is 0.270 e. The third kappa shape index (κ3) is 2.49. The molecule has 0 radical (unpaired) electrons. The van der Waals surface area contributed by atoms with Crippen LogP contribution in [0.2, 0.25) is 5.02 Å². The second-order valence-corrected chi connectivity index (χ2v) is 3.97. The first-order valence-electron chi connectivity index (χ1n) is 4.84. The summed E-state index contributed by atoms with van der Waals surface area (Å²) < 4.78 is 0. The van der Waals surface area contributed by atoms with Crippen LogP contribution in [0.1, 0.15) is 16.9 Å². The van der Waals surface area contributed by atoms with Gasteiger partial charge in [0.1, 0.15) is 5.69 Å². The van der Waals surface area contributed by atoms with Crippen molar-refractivity contribution in [2.24, 2.45) is 0 Å². The number of nitrogens with one attached hydrogen (secondary N) is 2. The van der Waals surface area contributed by atoms with Crippen LogP contribution >= 0.6 is 11.6 Å². The highest BCUT2D eigenvalue weighted by atomic mass is 35.5. The number of pyridine rings is 1. The molecule has 1 saturated heterocycles. The van der Waals surface area contributed by atoms with Gasteiger partial charge in [0.25, 0.3) is 5.91 Å². The number of carbonyl (C=O) groups excluding carboxylic acids is 2. The van der Waals surface area contributed by atoms with Gasteiger partial charge in [-0.1, -0.05) is 11.6 Å². The van der Waals surface area contributed by atoms with Crippen molar-refractivity contribution < 1.29 is 9.59 Å². The standard InChI is InChI=1S/C10H10ClN3O2/c11-6-1-2-12-8(3-6)10(16)14-7-4-9(15)13-5-7/h1-3,7H,4-5H2,(H,13,15)(H,14,16). The van der Waals surface area contributed by atoms with Gasteiger partial charge in [0.05, 0.1) is 6.04 Å². The Labute approximate surface area is 97.2 Å². The molecule has 1 unspecified atom stereocenters. The normalized spacial score (nSPS) is 19.3. The molecule has 0 aliphatic carbocycles. The molecule has 1 aliphatic heterocycles. The summed E-state index contributed by atoms with van der Waals surface area (Å²) in [6.45, 7) is 0.463. The lowest BCUT2D eigenvalue weighted by Gasteiger charge is -2.09. The van der Waals surface area contributed by atoms with Gasteiger partial charge >= 0.3 is 0 Å². The van der Waals surface area contributed by atoms with E-state index in [0.29, 0.717) is 18.0 Å². The minimum atomic E-state index is -0.316. The van der Waals surface area contributed by atoms with E-state index in [1.54, 1.807) is 6.07 Å². The Bertz CT molecular complexity index is 436. The number of nitrogens with zero attached hydrogens (tertiary/aromatic N) is 1. The van der Waals surface area contributed by atoms with E-state index in [0.717, 1.165) is 0 Å². The van der Waals surface area contributed by atoms with Crippen LogP contribution in [0, 0.1) is 0 Å². The van der Waals surface area contributed by atoms with Gasteiger partial charge in [-0.05, 0) is 12.1 Å². The fourth-order valence-corrected chi connectivity index (χ4v) is 1.66. The summed E-state index contributed by atoms with van der Waals surface area (Å²) in [5, 5.41) is 5.81. The molecule has 2 amide bonds. The third-order valence-electron chi connectivity index (χ3n) is 2.27. The van der Waals surface area contributed by atoms with Gasteiger partial charge in [-0.25, -0.2) is 0 Å². The summed E-state index contributed by atoms with van der Waals surface area (Å²) in [7, 11) is 0. The number of carbonyl (C=O) groups is 2. The van der Waals surface area contributed by atoms with Crippen molar-refractivity contribution in [3.05, 3.63) is 29.0 Å². The predicted molar refractivity (Wildman–Crippen MR) is 58.1 cm³/mol.